The van der Waals surface area contributed by atoms with E-state index in [9.17, 15) is 13.6 Å². The average molecular weight is 305 g/mol. The van der Waals surface area contributed by atoms with E-state index >= 15 is 0 Å². The second-order valence-electron chi connectivity index (χ2n) is 4.52. The van der Waals surface area contributed by atoms with Gasteiger partial charge in [0.25, 0.3) is 0 Å². The number of halogens is 2. The lowest BCUT2D eigenvalue weighted by molar-refractivity contribution is 0.0697. The molecule has 1 heterocycles. The zero-order valence-corrected chi connectivity index (χ0v) is 11.5. The van der Waals surface area contributed by atoms with Crippen LogP contribution in [0, 0.1) is 11.6 Å². The van der Waals surface area contributed by atoms with Gasteiger partial charge in [0.15, 0.2) is 11.6 Å². The molecule has 0 saturated heterocycles. The summed E-state index contributed by atoms with van der Waals surface area (Å²) < 4.78 is 26.8. The van der Waals surface area contributed by atoms with Crippen LogP contribution in [-0.4, -0.2) is 16.1 Å². The fourth-order valence-corrected chi connectivity index (χ4v) is 3.05. The fourth-order valence-electron chi connectivity index (χ4n) is 2.01. The lowest BCUT2D eigenvalue weighted by atomic mass is 10.1. The van der Waals surface area contributed by atoms with Crippen LogP contribution in [0.2, 0.25) is 0 Å². The SMILES string of the molecule is O=C(O)c1ccc2nc(Cc3ccc(F)c(F)c3)sc2c1. The van der Waals surface area contributed by atoms with Gasteiger partial charge in [-0.2, -0.15) is 0 Å². The van der Waals surface area contributed by atoms with Gasteiger partial charge in [-0.25, -0.2) is 18.6 Å². The number of hydrogen-bond acceptors (Lipinski definition) is 3. The first-order chi connectivity index (χ1) is 10.0. The number of aromatic carboxylic acids is 1. The quantitative estimate of drug-likeness (QED) is 0.799. The normalized spacial score (nSPS) is 11.0. The highest BCUT2D eigenvalue weighted by atomic mass is 32.1. The molecule has 0 amide bonds. The summed E-state index contributed by atoms with van der Waals surface area (Å²) in [4.78, 5) is 15.3. The molecule has 1 N–H and O–H groups in total. The number of aromatic nitrogens is 1. The summed E-state index contributed by atoms with van der Waals surface area (Å²) in [6.07, 6.45) is 0.374. The zero-order valence-electron chi connectivity index (χ0n) is 10.6. The molecule has 0 radical (unpaired) electrons. The van der Waals surface area contributed by atoms with Gasteiger partial charge >= 0.3 is 5.97 Å². The van der Waals surface area contributed by atoms with Gasteiger partial charge in [-0.05, 0) is 35.9 Å². The van der Waals surface area contributed by atoms with Crippen molar-refractivity contribution in [3.05, 3.63) is 64.2 Å². The zero-order chi connectivity index (χ0) is 15.0. The molecule has 3 aromatic rings. The van der Waals surface area contributed by atoms with Crippen LogP contribution in [0.5, 0.6) is 0 Å². The van der Waals surface area contributed by atoms with E-state index in [1.807, 2.05) is 0 Å². The third-order valence-corrected chi connectivity index (χ3v) is 4.04. The molecule has 6 heteroatoms. The van der Waals surface area contributed by atoms with Crippen molar-refractivity contribution >= 4 is 27.5 Å². The van der Waals surface area contributed by atoms with Gasteiger partial charge in [0, 0.05) is 6.42 Å². The van der Waals surface area contributed by atoms with Crippen molar-refractivity contribution in [1.29, 1.82) is 0 Å². The van der Waals surface area contributed by atoms with Crippen molar-refractivity contribution < 1.29 is 18.7 Å². The first-order valence-electron chi connectivity index (χ1n) is 6.09. The lowest BCUT2D eigenvalue weighted by Crippen LogP contribution is -1.94. The van der Waals surface area contributed by atoms with Gasteiger partial charge in [0.2, 0.25) is 0 Å². The maximum absolute atomic E-state index is 13.2. The molecule has 1 aromatic heterocycles. The summed E-state index contributed by atoms with van der Waals surface area (Å²) in [7, 11) is 0. The largest absolute Gasteiger partial charge is 0.478 e. The van der Waals surface area contributed by atoms with Crippen LogP contribution >= 0.6 is 11.3 Å². The Labute approximate surface area is 122 Å². The second kappa shape index (κ2) is 5.21. The number of fused-ring (bicyclic) bond motifs is 1. The van der Waals surface area contributed by atoms with Crippen LogP contribution in [0.25, 0.3) is 10.2 Å². The van der Waals surface area contributed by atoms with Crippen LogP contribution < -0.4 is 0 Å². The van der Waals surface area contributed by atoms with Crippen LogP contribution in [0.3, 0.4) is 0 Å². The highest BCUT2D eigenvalue weighted by molar-refractivity contribution is 7.18. The van der Waals surface area contributed by atoms with Crippen molar-refractivity contribution in [1.82, 2.24) is 4.98 Å². The topological polar surface area (TPSA) is 50.2 Å². The Bertz CT molecular complexity index is 845. The molecule has 2 aromatic carbocycles. The Balaban J connectivity index is 1.93. The van der Waals surface area contributed by atoms with Crippen molar-refractivity contribution in [2.24, 2.45) is 0 Å². The molecule has 0 atom stereocenters. The molecule has 0 fully saturated rings. The Kier molecular flexibility index (Phi) is 3.39. The molecule has 3 nitrogen and oxygen atoms in total. The Morgan fingerprint density at radius 3 is 2.67 bits per heavy atom. The molecule has 0 spiro atoms. The van der Waals surface area contributed by atoms with Crippen molar-refractivity contribution in [2.75, 3.05) is 0 Å². The second-order valence-corrected chi connectivity index (χ2v) is 5.64. The molecular formula is C15H9F2NO2S. The van der Waals surface area contributed by atoms with Gasteiger partial charge in [-0.3, -0.25) is 0 Å². The number of benzene rings is 2. The number of carboxylic acids is 1. The van der Waals surface area contributed by atoms with Gasteiger partial charge in [-0.1, -0.05) is 6.07 Å². The van der Waals surface area contributed by atoms with E-state index in [-0.39, 0.29) is 5.56 Å². The van der Waals surface area contributed by atoms with E-state index in [1.54, 1.807) is 12.1 Å². The van der Waals surface area contributed by atoms with Gasteiger partial charge in [-0.15, -0.1) is 11.3 Å². The van der Waals surface area contributed by atoms with Crippen molar-refractivity contribution in [2.45, 2.75) is 6.42 Å². The summed E-state index contributed by atoms with van der Waals surface area (Å²) in [5.74, 6) is -2.76. The first kappa shape index (κ1) is 13.6. The monoisotopic (exact) mass is 305 g/mol. The third kappa shape index (κ3) is 2.75. The van der Waals surface area contributed by atoms with Gasteiger partial charge in [0.05, 0.1) is 20.8 Å². The van der Waals surface area contributed by atoms with E-state index in [4.69, 9.17) is 5.11 Å². The number of nitrogens with zero attached hydrogens (tertiary/aromatic N) is 1. The Morgan fingerprint density at radius 2 is 1.95 bits per heavy atom. The molecule has 0 bridgehead atoms. The highest BCUT2D eigenvalue weighted by Crippen LogP contribution is 2.25. The van der Waals surface area contributed by atoms with E-state index in [0.717, 1.165) is 21.8 Å². The minimum atomic E-state index is -0.993. The van der Waals surface area contributed by atoms with E-state index in [2.05, 4.69) is 4.98 Å². The molecule has 0 aliphatic carbocycles. The Hall–Kier alpha value is -2.34. The number of carboxylic acid groups (broad SMARTS) is 1. The molecule has 3 rings (SSSR count). The first-order valence-corrected chi connectivity index (χ1v) is 6.91. The van der Waals surface area contributed by atoms with Crippen molar-refractivity contribution in [3.8, 4) is 0 Å². The number of rotatable bonds is 3. The minimum absolute atomic E-state index is 0.200. The molecule has 0 aliphatic rings. The summed E-state index contributed by atoms with van der Waals surface area (Å²) in [6, 6.07) is 8.43. The smallest absolute Gasteiger partial charge is 0.335 e. The standard InChI is InChI=1S/C15H9F2NO2S/c16-10-3-1-8(5-11(10)17)6-14-18-12-4-2-9(15(19)20)7-13(12)21-14/h1-5,7H,6H2,(H,19,20). The van der Waals surface area contributed by atoms with E-state index in [0.29, 0.717) is 17.5 Å². The minimum Gasteiger partial charge on any atom is -0.478 e. The van der Waals surface area contributed by atoms with E-state index < -0.39 is 17.6 Å². The number of carbonyl (C=O) groups is 1. The maximum atomic E-state index is 13.2. The molecule has 0 unspecified atom stereocenters. The molecule has 0 saturated carbocycles. The number of hydrogen-bond donors (Lipinski definition) is 1. The summed E-state index contributed by atoms with van der Waals surface area (Å²) in [6.45, 7) is 0. The number of thiazole rings is 1. The lowest BCUT2D eigenvalue weighted by Gasteiger charge is -1.98. The maximum Gasteiger partial charge on any atom is 0.335 e. The summed E-state index contributed by atoms with van der Waals surface area (Å²) in [5.41, 5.74) is 1.51. The highest BCUT2D eigenvalue weighted by Gasteiger charge is 2.10. The molecular weight excluding hydrogens is 296 g/mol. The Morgan fingerprint density at radius 1 is 1.14 bits per heavy atom. The van der Waals surface area contributed by atoms with Crippen molar-refractivity contribution in [3.63, 3.8) is 0 Å². The van der Waals surface area contributed by atoms with Crippen LogP contribution in [0.15, 0.2) is 36.4 Å². The predicted octanol–water partition coefficient (Wildman–Crippen LogP) is 3.86. The average Bonchev–Trinajstić information content (AvgIpc) is 2.84. The fraction of sp³-hybridized carbons (Fsp3) is 0.0667. The molecule has 106 valence electrons. The summed E-state index contributed by atoms with van der Waals surface area (Å²) >= 11 is 1.34. The van der Waals surface area contributed by atoms with E-state index in [1.165, 1.54) is 23.5 Å². The van der Waals surface area contributed by atoms with Gasteiger partial charge < -0.3 is 5.11 Å². The van der Waals surface area contributed by atoms with Gasteiger partial charge in [0.1, 0.15) is 0 Å². The summed E-state index contributed by atoms with van der Waals surface area (Å²) in [5, 5.41) is 9.67. The predicted molar refractivity (Wildman–Crippen MR) is 75.7 cm³/mol. The third-order valence-electron chi connectivity index (χ3n) is 3.02. The van der Waals surface area contributed by atoms with Crippen LogP contribution in [-0.2, 0) is 6.42 Å². The van der Waals surface area contributed by atoms with Crippen LogP contribution in [0.1, 0.15) is 20.9 Å². The molecule has 0 aliphatic heterocycles. The van der Waals surface area contributed by atoms with Crippen LogP contribution in [0.4, 0.5) is 8.78 Å². The molecule has 21 heavy (non-hydrogen) atoms.